The lowest BCUT2D eigenvalue weighted by Crippen LogP contribution is -2.34. The highest BCUT2D eigenvalue weighted by Gasteiger charge is 2.49. The lowest BCUT2D eigenvalue weighted by atomic mass is 9.94. The van der Waals surface area contributed by atoms with Crippen LogP contribution in [0.1, 0.15) is 37.7 Å². The zero-order chi connectivity index (χ0) is 21.5. The Morgan fingerprint density at radius 3 is 2.57 bits per heavy atom. The molecule has 0 amide bonds. The maximum absolute atomic E-state index is 12.5. The third-order valence-electron chi connectivity index (χ3n) is 5.23. The van der Waals surface area contributed by atoms with Crippen LogP contribution in [0.4, 0.5) is 0 Å². The fourth-order valence-corrected chi connectivity index (χ4v) is 4.20. The molecule has 1 aliphatic carbocycles. The number of ether oxygens (including phenoxy) is 2. The molecule has 1 saturated heterocycles. The molecule has 0 unspecified atom stereocenters. The second-order valence-corrected chi connectivity index (χ2v) is 8.09. The highest BCUT2D eigenvalue weighted by atomic mass is 35.5. The highest BCUT2D eigenvalue weighted by Crippen LogP contribution is 2.43. The molecule has 1 saturated carbocycles. The van der Waals surface area contributed by atoms with E-state index in [0.717, 1.165) is 19.3 Å². The molecule has 1 spiro atoms. The lowest BCUT2D eigenvalue weighted by Gasteiger charge is -2.31. The number of H-pyrrole nitrogens is 1. The number of rotatable bonds is 3. The fraction of sp³-hybridized carbons (Fsp3) is 0.350. The smallest absolute Gasteiger partial charge is 0.340 e. The van der Waals surface area contributed by atoms with Crippen molar-refractivity contribution >= 4 is 35.9 Å². The van der Waals surface area contributed by atoms with Gasteiger partial charge in [-0.25, -0.2) is 4.79 Å². The summed E-state index contributed by atoms with van der Waals surface area (Å²) in [6.07, 6.45) is 3.69. The Labute approximate surface area is 181 Å². The van der Waals surface area contributed by atoms with Crippen molar-refractivity contribution in [2.45, 2.75) is 44.0 Å². The Hall–Kier alpha value is -2.62. The van der Waals surface area contributed by atoms with Crippen molar-refractivity contribution in [3.8, 4) is 11.6 Å². The maximum atomic E-state index is 12.5. The molecule has 2 heterocycles. The Morgan fingerprint density at radius 1 is 1.27 bits per heavy atom. The van der Waals surface area contributed by atoms with Gasteiger partial charge in [0, 0.05) is 17.9 Å². The number of carboxylic acids is 1. The van der Waals surface area contributed by atoms with E-state index in [9.17, 15) is 19.8 Å². The van der Waals surface area contributed by atoms with Crippen LogP contribution in [0.5, 0.6) is 5.88 Å². The lowest BCUT2D eigenvalue weighted by molar-refractivity contribution is -0.191. The first-order chi connectivity index (χ1) is 14.3. The molecule has 1 aromatic carbocycles. The molecule has 1 atom stereocenters. The van der Waals surface area contributed by atoms with Gasteiger partial charge in [0.05, 0.1) is 5.69 Å². The number of carbonyl (C=O) groups is 1. The van der Waals surface area contributed by atoms with E-state index in [1.807, 2.05) is 0 Å². The number of aromatic amines is 1. The molecule has 3 N–H and O–H groups in total. The SMILES string of the molecule is O=C(O)[C@@H]1OC2(CCCCC2)OC1=Cc1c(O)n(-c2ccc(Cl)cc2)c(=S)[nH]c1=O. The fourth-order valence-electron chi connectivity index (χ4n) is 3.79. The minimum absolute atomic E-state index is 0.0240. The number of aromatic nitrogens is 2. The summed E-state index contributed by atoms with van der Waals surface area (Å²) in [7, 11) is 0. The number of halogens is 1. The number of aromatic hydroxyl groups is 1. The van der Waals surface area contributed by atoms with E-state index >= 15 is 0 Å². The Kier molecular flexibility index (Phi) is 5.44. The van der Waals surface area contributed by atoms with Gasteiger partial charge in [0.15, 0.2) is 4.77 Å². The molecular formula is C20H19ClN2O6S. The molecule has 2 fully saturated rings. The van der Waals surface area contributed by atoms with Gasteiger partial charge < -0.3 is 19.7 Å². The van der Waals surface area contributed by atoms with Gasteiger partial charge in [-0.05, 0) is 55.4 Å². The van der Waals surface area contributed by atoms with Gasteiger partial charge in [0.1, 0.15) is 11.3 Å². The highest BCUT2D eigenvalue weighted by molar-refractivity contribution is 7.71. The van der Waals surface area contributed by atoms with E-state index in [2.05, 4.69) is 4.98 Å². The molecule has 1 aromatic heterocycles. The van der Waals surface area contributed by atoms with Crippen molar-refractivity contribution in [2.24, 2.45) is 0 Å². The summed E-state index contributed by atoms with van der Waals surface area (Å²) in [5, 5.41) is 20.9. The number of aliphatic carboxylic acids is 1. The normalized spacial score (nSPS) is 21.6. The second-order valence-electron chi connectivity index (χ2n) is 7.26. The van der Waals surface area contributed by atoms with Crippen molar-refractivity contribution in [3.05, 3.63) is 55.7 Å². The number of hydrogen-bond donors (Lipinski definition) is 3. The molecule has 1 aliphatic heterocycles. The predicted molar refractivity (Wildman–Crippen MR) is 111 cm³/mol. The Bertz CT molecular complexity index is 1130. The predicted octanol–water partition coefficient (Wildman–Crippen LogP) is 3.76. The third kappa shape index (κ3) is 3.76. The first-order valence-electron chi connectivity index (χ1n) is 9.45. The van der Waals surface area contributed by atoms with Crippen molar-refractivity contribution in [1.29, 1.82) is 0 Å². The van der Waals surface area contributed by atoms with Gasteiger partial charge in [0.25, 0.3) is 5.56 Å². The second kappa shape index (κ2) is 7.90. The zero-order valence-electron chi connectivity index (χ0n) is 15.8. The van der Waals surface area contributed by atoms with Crippen LogP contribution >= 0.6 is 23.8 Å². The summed E-state index contributed by atoms with van der Waals surface area (Å²) in [5.74, 6) is -2.73. The van der Waals surface area contributed by atoms with Crippen LogP contribution in [0.3, 0.4) is 0 Å². The zero-order valence-corrected chi connectivity index (χ0v) is 17.3. The molecule has 0 bridgehead atoms. The molecule has 158 valence electrons. The Morgan fingerprint density at radius 2 is 1.93 bits per heavy atom. The molecule has 10 heteroatoms. The summed E-state index contributed by atoms with van der Waals surface area (Å²) in [6, 6.07) is 6.48. The summed E-state index contributed by atoms with van der Waals surface area (Å²) in [5.41, 5.74) is -0.385. The quantitative estimate of drug-likeness (QED) is 0.610. The minimum Gasteiger partial charge on any atom is -0.494 e. The van der Waals surface area contributed by atoms with Crippen molar-refractivity contribution in [2.75, 3.05) is 0 Å². The number of hydrogen-bond acceptors (Lipinski definition) is 6. The number of nitrogens with one attached hydrogen (secondary N) is 1. The van der Waals surface area contributed by atoms with Crippen LogP contribution in [0.2, 0.25) is 5.02 Å². The van der Waals surface area contributed by atoms with Gasteiger partial charge in [-0.1, -0.05) is 18.0 Å². The van der Waals surface area contributed by atoms with E-state index in [-0.39, 0.29) is 16.1 Å². The minimum atomic E-state index is -1.37. The summed E-state index contributed by atoms with van der Waals surface area (Å²) < 4.78 is 12.9. The van der Waals surface area contributed by atoms with Gasteiger partial charge in [0.2, 0.25) is 17.8 Å². The molecular weight excluding hydrogens is 432 g/mol. The van der Waals surface area contributed by atoms with Gasteiger partial charge in [-0.3, -0.25) is 14.3 Å². The number of carboxylic acid groups (broad SMARTS) is 1. The average molecular weight is 451 g/mol. The van der Waals surface area contributed by atoms with Crippen LogP contribution in [0, 0.1) is 4.77 Å². The van der Waals surface area contributed by atoms with Gasteiger partial charge in [-0.15, -0.1) is 0 Å². The molecule has 4 rings (SSSR count). The van der Waals surface area contributed by atoms with Crippen molar-refractivity contribution in [1.82, 2.24) is 9.55 Å². The van der Waals surface area contributed by atoms with E-state index < -0.39 is 29.3 Å². The van der Waals surface area contributed by atoms with Crippen molar-refractivity contribution in [3.63, 3.8) is 0 Å². The Balaban J connectivity index is 1.81. The summed E-state index contributed by atoms with van der Waals surface area (Å²) in [4.78, 5) is 26.8. The number of benzene rings is 1. The van der Waals surface area contributed by atoms with E-state index in [1.165, 1.54) is 10.6 Å². The molecule has 2 aliphatic rings. The maximum Gasteiger partial charge on any atom is 0.340 e. The monoisotopic (exact) mass is 450 g/mol. The molecule has 2 aromatic rings. The summed E-state index contributed by atoms with van der Waals surface area (Å²) >= 11 is 11.1. The van der Waals surface area contributed by atoms with Gasteiger partial charge in [-0.2, -0.15) is 0 Å². The van der Waals surface area contributed by atoms with E-state index in [1.54, 1.807) is 24.3 Å². The van der Waals surface area contributed by atoms with Crippen LogP contribution in [-0.2, 0) is 14.3 Å². The molecule has 30 heavy (non-hydrogen) atoms. The van der Waals surface area contributed by atoms with E-state index in [4.69, 9.17) is 33.3 Å². The number of nitrogens with zero attached hydrogens (tertiary/aromatic N) is 1. The summed E-state index contributed by atoms with van der Waals surface area (Å²) in [6.45, 7) is 0. The van der Waals surface area contributed by atoms with Crippen molar-refractivity contribution < 1.29 is 24.5 Å². The largest absolute Gasteiger partial charge is 0.494 e. The standard InChI is InChI=1S/C20H19ClN2O6S/c21-11-4-6-12(7-5-11)23-17(25)13(16(24)22-19(23)30)10-14-15(18(26)27)29-20(28-14)8-2-1-3-9-20/h4-7,10,15,25H,1-3,8-9H2,(H,26,27)(H,22,24,30)/t15-/m1/s1. The molecule has 0 radical (unpaired) electrons. The topological polar surface area (TPSA) is 114 Å². The van der Waals surface area contributed by atoms with Crippen LogP contribution in [-0.4, -0.2) is 37.6 Å². The van der Waals surface area contributed by atoms with E-state index in [0.29, 0.717) is 23.6 Å². The first kappa shape index (κ1) is 20.6. The van der Waals surface area contributed by atoms with Crippen LogP contribution in [0.25, 0.3) is 11.8 Å². The third-order valence-corrected chi connectivity index (χ3v) is 5.76. The van der Waals surface area contributed by atoms with Crippen LogP contribution in [0.15, 0.2) is 34.8 Å². The first-order valence-corrected chi connectivity index (χ1v) is 10.2. The molecule has 8 nitrogen and oxygen atoms in total. The van der Waals surface area contributed by atoms with Gasteiger partial charge >= 0.3 is 5.97 Å². The average Bonchev–Trinajstić information content (AvgIpc) is 3.05. The van der Waals surface area contributed by atoms with Crippen LogP contribution < -0.4 is 5.56 Å².